The number of benzene rings is 12. The van der Waals surface area contributed by atoms with Crippen LogP contribution in [0.25, 0.3) is 148 Å². The molecule has 2 fully saturated rings. The summed E-state index contributed by atoms with van der Waals surface area (Å²) in [5, 5.41) is 65.5. The van der Waals surface area contributed by atoms with E-state index in [-0.39, 0.29) is 46.8 Å². The summed E-state index contributed by atoms with van der Waals surface area (Å²) < 4.78 is 34.0. The van der Waals surface area contributed by atoms with Crippen molar-refractivity contribution >= 4 is 243 Å². The number of hydrogen-bond acceptors (Lipinski definition) is 18. The van der Waals surface area contributed by atoms with E-state index in [2.05, 4.69) is 175 Å². The summed E-state index contributed by atoms with van der Waals surface area (Å²) in [6.45, 7) is 0.624. The van der Waals surface area contributed by atoms with Gasteiger partial charge in [0.2, 0.25) is 23.6 Å². The van der Waals surface area contributed by atoms with E-state index in [0.717, 1.165) is 175 Å². The van der Waals surface area contributed by atoms with Crippen molar-refractivity contribution in [1.82, 2.24) is 51.0 Å². The van der Waals surface area contributed by atoms with E-state index in [1.54, 1.807) is 117 Å². The molecule has 0 spiro atoms. The Morgan fingerprint density at radius 3 is 1.33 bits per heavy atom. The quantitative estimate of drug-likeness (QED) is 0.0318. The Labute approximate surface area is 837 Å². The molecule has 2 saturated carbocycles. The van der Waals surface area contributed by atoms with Gasteiger partial charge in [-0.05, 0) is 258 Å². The number of aryl methyl sites for hydroxylation is 1. The van der Waals surface area contributed by atoms with Crippen molar-refractivity contribution in [2.45, 2.75) is 69.1 Å². The van der Waals surface area contributed by atoms with Gasteiger partial charge in [-0.3, -0.25) is 49.5 Å². The lowest BCUT2D eigenvalue weighted by molar-refractivity contribution is -0.120. The molecule has 5 amide bonds. The minimum absolute atomic E-state index is 0.0275. The van der Waals surface area contributed by atoms with Crippen molar-refractivity contribution in [3.63, 3.8) is 0 Å². The molecule has 10 N–H and O–H groups in total. The average molecular weight is 2010 g/mol. The van der Waals surface area contributed by atoms with Crippen LogP contribution in [-0.2, 0) is 48.3 Å². The van der Waals surface area contributed by atoms with Gasteiger partial charge in [0.15, 0.2) is 9.84 Å². The summed E-state index contributed by atoms with van der Waals surface area (Å²) >= 11 is 20.6. The molecule has 10 aromatic heterocycles. The molecule has 1 aliphatic heterocycles. The summed E-state index contributed by atoms with van der Waals surface area (Å²) in [7, 11) is -3.27. The van der Waals surface area contributed by atoms with E-state index in [4.69, 9.17) is 27.9 Å². The zero-order chi connectivity index (χ0) is 96.2. The van der Waals surface area contributed by atoms with Crippen molar-refractivity contribution in [2.75, 3.05) is 39.4 Å². The standard InChI is InChI=1S/C24H17N3O2S.C22H17Cl2N3O3S.C22H17N3OS2.C21H19N3OS.C21H17N3OS/c28-24(17-6-3-5-14-10-11-29-23(14)17)25-16-8-9-19-18(13-16)22(27-26-19)21-12-15-4-1-2-7-20(15)30-21;1-31(29,30)17-7-3-13(4-8-17)22-18-12-16(6-9-20(18)26-27-22)25-21(28)10-14-2-5-15(23)11-19(14)24;26-21(10-8-16-5-3-11-27-16)23-15-7-9-18-17(13-15)22(25-24-18)20-12-14-4-1-2-6-19(14)28-20;25-21(13-5-1-2-6-13)22-15-9-10-17-16(12-15)20(24-23-17)19-11-14-7-3-4-8-18(14)26-19;25-20(10-7-13-5-6-13)22-15-8-9-17-16(12-15)21(24-23-17)19-11-14-3-1-2-4-18(14)26-19/h1-9,12-13H,10-11H2,(H,25,28)(H,26,27);2-9,11-12H,10H2,1H3,(H,25,28)(H,26,27);1-7,9,11-13H,8,10H2,(H,23,26)(H,24,25);3-4,7-13H,1-2,5-6H2,(H,22,25)(H,23,24);1-4,7-13H,5-6H2,(H,22,25)(H,23,24)/b;;;;10-7+. The highest BCUT2D eigenvalue weighted by Crippen LogP contribution is 2.44. The van der Waals surface area contributed by atoms with E-state index in [1.807, 2.05) is 145 Å². The van der Waals surface area contributed by atoms with Crippen LogP contribution in [0.5, 0.6) is 5.75 Å². The summed E-state index contributed by atoms with van der Waals surface area (Å²) in [6, 6.07) is 92.2. The number of rotatable bonds is 20. The second-order valence-electron chi connectivity index (χ2n) is 34.6. The number of carbonyl (C=O) groups excluding carboxylic acids is 5. The van der Waals surface area contributed by atoms with E-state index in [0.29, 0.717) is 57.2 Å². The molecule has 0 saturated heterocycles. The number of carbonyl (C=O) groups is 5. The third-order valence-electron chi connectivity index (χ3n) is 24.7. The minimum atomic E-state index is -3.27. The monoisotopic (exact) mass is 2010 g/mol. The summed E-state index contributed by atoms with van der Waals surface area (Å²) in [5.74, 6) is 1.17. The lowest BCUT2D eigenvalue weighted by atomic mass is 10.1. The topological polar surface area (TPSA) is 332 Å². The molecule has 0 atom stereocenters. The van der Waals surface area contributed by atoms with E-state index >= 15 is 0 Å². The Morgan fingerprint density at radius 1 is 0.440 bits per heavy atom. The molecule has 141 heavy (non-hydrogen) atoms. The van der Waals surface area contributed by atoms with E-state index in [9.17, 15) is 32.4 Å². The second kappa shape index (κ2) is 40.8. The van der Waals surface area contributed by atoms with Gasteiger partial charge in [0, 0.05) is 120 Å². The van der Waals surface area contributed by atoms with Gasteiger partial charge in [-0.15, -0.1) is 56.7 Å². The van der Waals surface area contributed by atoms with Crippen LogP contribution < -0.4 is 31.3 Å². The fraction of sp³-hybridized carbons (Fsp3) is 0.127. The first-order valence-electron chi connectivity index (χ1n) is 45.9. The highest BCUT2D eigenvalue weighted by Gasteiger charge is 2.27. The number of aromatic nitrogens is 10. The molecule has 3 aliphatic rings. The van der Waals surface area contributed by atoms with Crippen LogP contribution in [0.15, 0.2) is 308 Å². The van der Waals surface area contributed by atoms with Crippen LogP contribution in [-0.4, -0.2) is 102 Å². The number of allylic oxidation sites excluding steroid dienone is 1. The van der Waals surface area contributed by atoms with Crippen LogP contribution in [0.1, 0.15) is 71.3 Å². The van der Waals surface area contributed by atoms with Crippen LogP contribution in [0.2, 0.25) is 10.0 Å². The minimum Gasteiger partial charge on any atom is -0.492 e. The Hall–Kier alpha value is -15.1. The van der Waals surface area contributed by atoms with Gasteiger partial charge in [0.05, 0.1) is 76.3 Å². The smallest absolute Gasteiger partial charge is 0.259 e. The zero-order valence-corrected chi connectivity index (χ0v) is 81.9. The number of fused-ring (bicyclic) bond motifs is 10. The van der Waals surface area contributed by atoms with Gasteiger partial charge in [-0.25, -0.2) is 8.42 Å². The molecule has 0 radical (unpaired) electrons. The van der Waals surface area contributed by atoms with Gasteiger partial charge in [-0.2, -0.15) is 25.5 Å². The lowest BCUT2D eigenvalue weighted by Gasteiger charge is -2.10. The third kappa shape index (κ3) is 21.1. The summed E-state index contributed by atoms with van der Waals surface area (Å²) in [6.07, 6.45) is 13.7. The van der Waals surface area contributed by atoms with Gasteiger partial charge < -0.3 is 31.3 Å². The van der Waals surface area contributed by atoms with Crippen molar-refractivity contribution < 1.29 is 37.1 Å². The van der Waals surface area contributed by atoms with Gasteiger partial charge in [0.1, 0.15) is 28.5 Å². The van der Waals surface area contributed by atoms with Gasteiger partial charge in [0.25, 0.3) is 5.91 Å². The van der Waals surface area contributed by atoms with E-state index < -0.39 is 9.84 Å². The first-order chi connectivity index (χ1) is 68.8. The highest BCUT2D eigenvalue weighted by molar-refractivity contribution is 7.90. The summed E-state index contributed by atoms with van der Waals surface area (Å²) in [5.41, 5.74) is 15.8. The molecule has 0 bridgehead atoms. The number of sulfone groups is 1. The molecule has 25 rings (SSSR count). The van der Waals surface area contributed by atoms with Crippen LogP contribution in [0.3, 0.4) is 0 Å². The van der Waals surface area contributed by atoms with Crippen molar-refractivity contribution in [3.8, 4) is 59.3 Å². The number of nitrogens with one attached hydrogen (secondary N) is 10. The van der Waals surface area contributed by atoms with Crippen molar-refractivity contribution in [2.24, 2.45) is 11.8 Å². The number of halogens is 2. The number of hydrogen-bond donors (Lipinski definition) is 10. The Kier molecular flexibility index (Phi) is 26.7. The number of H-pyrrole nitrogens is 5. The number of amides is 5. The van der Waals surface area contributed by atoms with Crippen LogP contribution in [0.4, 0.5) is 28.4 Å². The molecule has 12 aromatic carbocycles. The molecule has 23 nitrogen and oxygen atoms in total. The number of ether oxygens (including phenoxy) is 1. The SMILES string of the molecule is CS(=O)(=O)c1ccc(-c2n[nH]c3ccc(NC(=O)Cc4ccc(Cl)cc4Cl)cc23)cc1.O=C(/C=C/C1CC1)Nc1ccc2[nH]nc(-c3cc4ccccc4s3)c2c1.O=C(CCc1cccs1)Nc1ccc2[nH]nc(-c3cc4ccccc4s3)c2c1.O=C(Nc1ccc2[nH]nc(-c3cc4ccccc4s3)c2c1)C1CCCC1.O=C(Nc1ccc2[nH]nc(-c3cc4ccccc4s3)c2c1)c1cccc2c1OCC2. The Morgan fingerprint density at radius 2 is 0.879 bits per heavy atom. The van der Waals surface area contributed by atoms with Crippen molar-refractivity contribution in [3.05, 3.63) is 334 Å². The number of nitrogens with zero attached hydrogens (tertiary/aromatic N) is 5. The molecular formula is C110H87Cl2N15O8S6. The summed E-state index contributed by atoms with van der Waals surface area (Å²) in [4.78, 5) is 68.2. The molecular weight excluding hydrogens is 1920 g/mol. The largest absolute Gasteiger partial charge is 0.492 e. The predicted octanol–water partition coefficient (Wildman–Crippen LogP) is 27.8. The molecule has 11 heterocycles. The van der Waals surface area contributed by atoms with Crippen molar-refractivity contribution in [1.29, 1.82) is 0 Å². The van der Waals surface area contributed by atoms with Crippen LogP contribution >= 0.6 is 79.9 Å². The highest BCUT2D eigenvalue weighted by atomic mass is 35.5. The second-order valence-corrected chi connectivity index (χ2v) is 42.9. The molecule has 700 valence electrons. The fourth-order valence-electron chi connectivity index (χ4n) is 17.4. The maximum absolute atomic E-state index is 12.9. The number of aromatic amines is 5. The Bertz CT molecular complexity index is 8540. The third-order valence-corrected chi connectivity index (χ3v) is 31.9. The first-order valence-corrected chi connectivity index (χ1v) is 52.7. The average Bonchev–Trinajstić information content (AvgIpc) is 1.65. The number of para-hydroxylation sites is 1. The zero-order valence-electron chi connectivity index (χ0n) is 75.5. The van der Waals surface area contributed by atoms with Gasteiger partial charge in [-0.1, -0.05) is 151 Å². The predicted molar refractivity (Wildman–Crippen MR) is 577 cm³/mol. The fourth-order valence-corrected chi connectivity index (χ4v) is 23.4. The van der Waals surface area contributed by atoms with Crippen LogP contribution in [0, 0.1) is 11.8 Å². The molecule has 0 unspecified atom stereocenters. The maximum atomic E-state index is 12.9. The van der Waals surface area contributed by atoms with Gasteiger partial charge >= 0.3 is 0 Å². The molecule has 2 aliphatic carbocycles. The normalized spacial score (nSPS) is 13.0. The number of thiophene rings is 5. The lowest BCUT2D eigenvalue weighted by Crippen LogP contribution is -2.20. The number of anilines is 5. The maximum Gasteiger partial charge on any atom is 0.259 e. The molecule has 22 aromatic rings. The van der Waals surface area contributed by atoms with E-state index in [1.165, 1.54) is 58.1 Å². The first kappa shape index (κ1) is 92.3. The Balaban J connectivity index is 0.000000105. The molecule has 31 heteroatoms.